The van der Waals surface area contributed by atoms with E-state index in [0.29, 0.717) is 0 Å². The van der Waals surface area contributed by atoms with Gasteiger partial charge in [-0.25, -0.2) is 0 Å². The van der Waals surface area contributed by atoms with Crippen LogP contribution in [0.1, 0.15) is 560 Å². The Morgan fingerprint density at radius 3 is 0.340 bits per heavy atom. The van der Waals surface area contributed by atoms with Gasteiger partial charge >= 0.3 is 0 Å². The van der Waals surface area contributed by atoms with Gasteiger partial charge in [-0.05, 0) is 220 Å². The Labute approximate surface area is 881 Å². The quantitative estimate of drug-likeness (QED) is 0.0263. The van der Waals surface area contributed by atoms with Gasteiger partial charge in [-0.15, -0.1) is 0 Å². The van der Waals surface area contributed by atoms with Crippen molar-refractivity contribution in [1.82, 2.24) is 0 Å². The molecule has 0 heterocycles. The Kier molecular flexibility index (Phi) is 59.1. The van der Waals surface area contributed by atoms with Crippen LogP contribution in [-0.4, -0.2) is 0 Å². The summed E-state index contributed by atoms with van der Waals surface area (Å²) in [6.45, 7) is 13.8. The van der Waals surface area contributed by atoms with Gasteiger partial charge in [-0.3, -0.25) is 0 Å². The first kappa shape index (κ1) is 115. The minimum absolute atomic E-state index is 0.737. The lowest BCUT2D eigenvalue weighted by molar-refractivity contribution is 0.556. The number of rotatable bonds is 66. The molecule has 0 heteroatoms. The number of unbranched alkanes of at least 4 members (excludes halogenated alkanes) is 54. The highest BCUT2D eigenvalue weighted by atomic mass is 14.2. The zero-order valence-corrected chi connectivity index (χ0v) is 91.0. The van der Waals surface area contributed by atoms with E-state index in [1.54, 1.807) is 0 Å². The van der Waals surface area contributed by atoms with Crippen molar-refractivity contribution >= 4 is 0 Å². The Hall–Kier alpha value is -11.0. The van der Waals surface area contributed by atoms with E-state index < -0.39 is 0 Å². The molecule has 0 amide bonds. The minimum Gasteiger partial charge on any atom is -0.0654 e. The molecule has 0 fully saturated rings. The number of fused-ring (bicyclic) bond motifs is 3. The molecule has 0 atom stereocenters. The monoisotopic (exact) mass is 1910 g/mol. The highest BCUT2D eigenvalue weighted by molar-refractivity contribution is 5.71. The topological polar surface area (TPSA) is 0 Å². The molecule has 0 unspecified atom stereocenters. The van der Waals surface area contributed by atoms with Gasteiger partial charge in [0.15, 0.2) is 0 Å². The van der Waals surface area contributed by atoms with E-state index in [9.17, 15) is 0 Å². The maximum absolute atomic E-state index is 3.76. The number of benzene rings is 9. The standard InChI is InChI=1S/C144H180/c1-7-13-19-25-31-37-43-49-55-61-67-121-73-85-127(86-74-121)97-103-133-115-139-109-110-141-117-135(105-99-129-89-77-123(78-90-129)69-63-57-51-45-39-33-27-21-15-9-3)137(107-101-131-93-81-125(82-94-131)71-65-59-53-47-41-35-29-23-17-11-5)119-143(141)113-114-144-120-138(108-102-132-95-83-126(84-96-132)72-66-60-54-48-42-36-30-24-18-12-6)136(106-100-130-91-79-124(80-92-130)70-64-58-52-46-40-34-28-22-16-10-4)118-142(144)112-111-140(139)116-134(133)104-98-128-87-75-122(76-88-128)68-62-56-50-44-38-32-26-20-14-8-2/h73-96,115-120H,7-72H2,1-6H3. The maximum Gasteiger partial charge on any atom is 0.0419 e. The Morgan fingerprint density at radius 2 is 0.229 bits per heavy atom. The van der Waals surface area contributed by atoms with Crippen LogP contribution in [0.4, 0.5) is 0 Å². The fraction of sp³-hybridized carbons (Fsp3) is 0.500. The summed E-state index contributed by atoms with van der Waals surface area (Å²) in [5, 5.41) is 0. The summed E-state index contributed by atoms with van der Waals surface area (Å²) in [6.07, 6.45) is 86.1. The van der Waals surface area contributed by atoms with Crippen LogP contribution in [0.3, 0.4) is 0 Å². The van der Waals surface area contributed by atoms with Crippen molar-refractivity contribution < 1.29 is 0 Å². The van der Waals surface area contributed by atoms with Crippen LogP contribution in [0.25, 0.3) is 0 Å². The average molecular weight is 1910 g/mol. The number of hydrogen-bond donors (Lipinski definition) is 0. The third-order valence-electron chi connectivity index (χ3n) is 29.2. The van der Waals surface area contributed by atoms with Crippen LogP contribution in [-0.2, 0) is 38.5 Å². The first-order chi connectivity index (χ1) is 71.2. The van der Waals surface area contributed by atoms with E-state index in [4.69, 9.17) is 0 Å². The molecule has 0 saturated heterocycles. The molecule has 0 spiro atoms. The lowest BCUT2D eigenvalue weighted by atomic mass is 9.94. The second kappa shape index (κ2) is 74.0. The second-order valence-corrected chi connectivity index (χ2v) is 41.9. The van der Waals surface area contributed by atoms with Crippen molar-refractivity contribution in [3.63, 3.8) is 0 Å². The van der Waals surface area contributed by atoms with Crippen molar-refractivity contribution in [3.05, 3.63) is 316 Å². The van der Waals surface area contributed by atoms with Crippen molar-refractivity contribution in [2.45, 2.75) is 465 Å². The predicted octanol–water partition coefficient (Wildman–Crippen LogP) is 39.4. The third kappa shape index (κ3) is 48.4. The van der Waals surface area contributed by atoms with E-state index in [0.717, 1.165) is 139 Å². The summed E-state index contributed by atoms with van der Waals surface area (Å²) < 4.78 is 0. The zero-order valence-electron chi connectivity index (χ0n) is 91.0. The number of aryl methyl sites for hydroxylation is 6. The first-order valence-corrected chi connectivity index (χ1v) is 59.0. The van der Waals surface area contributed by atoms with E-state index in [2.05, 4.69) is 330 Å². The molecule has 10 rings (SSSR count). The summed E-state index contributed by atoms with van der Waals surface area (Å²) in [5.74, 6) is 66.6. The molecule has 144 heavy (non-hydrogen) atoms. The highest BCUT2D eigenvalue weighted by Crippen LogP contribution is 2.28. The summed E-state index contributed by atoms with van der Waals surface area (Å²) in [6, 6.07) is 66.5. The van der Waals surface area contributed by atoms with Crippen molar-refractivity contribution in [3.8, 4) is 107 Å². The molecule has 0 N–H and O–H groups in total. The van der Waals surface area contributed by atoms with Crippen LogP contribution in [0.15, 0.2) is 182 Å². The first-order valence-electron chi connectivity index (χ1n) is 59.0. The highest BCUT2D eigenvalue weighted by Gasteiger charge is 2.15. The fourth-order valence-electron chi connectivity index (χ4n) is 19.7. The van der Waals surface area contributed by atoms with Gasteiger partial charge in [0.25, 0.3) is 0 Å². The maximum atomic E-state index is 3.76. The van der Waals surface area contributed by atoms with Gasteiger partial charge in [-0.1, -0.05) is 568 Å². The molecule has 0 saturated carbocycles. The predicted molar refractivity (Wildman–Crippen MR) is 625 cm³/mol. The summed E-state index contributed by atoms with van der Waals surface area (Å²) in [5.41, 5.74) is 23.0. The molecular weight excluding hydrogens is 1730 g/mol. The van der Waals surface area contributed by atoms with E-state index >= 15 is 0 Å². The molecule has 9 aromatic rings. The SMILES string of the molecule is CCCCCCCCCCCCc1ccc(C#Cc2cc3c(cc2C#Cc2ccc(CCCCCCCCCCCC)cc2)C#Cc2cc(C#Cc4ccc(CCCCCCCCCCCC)cc4)c(C#Cc4ccc(CCCCCCCCCCCC)cc4)cc2C#Cc2cc(C#Cc4ccc(CCCCCCCCCCCC)cc4)c(C#Cc4ccc(CCCCCCCCCCCC)cc4)cc2C#C3)cc1. The Balaban J connectivity index is 1.08. The Morgan fingerprint density at radius 1 is 0.125 bits per heavy atom. The summed E-state index contributed by atoms with van der Waals surface area (Å²) in [4.78, 5) is 0. The van der Waals surface area contributed by atoms with Gasteiger partial charge < -0.3 is 0 Å². The van der Waals surface area contributed by atoms with Crippen LogP contribution in [0.5, 0.6) is 0 Å². The van der Waals surface area contributed by atoms with Gasteiger partial charge in [-0.2, -0.15) is 0 Å². The third-order valence-corrected chi connectivity index (χ3v) is 29.2. The van der Waals surface area contributed by atoms with Crippen LogP contribution in [0, 0.1) is 107 Å². The van der Waals surface area contributed by atoms with Gasteiger partial charge in [0.1, 0.15) is 0 Å². The van der Waals surface area contributed by atoms with Crippen LogP contribution < -0.4 is 0 Å². The zero-order chi connectivity index (χ0) is 100. The number of hydrogen-bond acceptors (Lipinski definition) is 0. The molecule has 1 aliphatic rings. The van der Waals surface area contributed by atoms with Gasteiger partial charge in [0.2, 0.25) is 0 Å². The Bertz CT molecular complexity index is 4820. The normalized spacial score (nSPS) is 11.0. The van der Waals surface area contributed by atoms with E-state index in [-0.39, 0.29) is 0 Å². The molecular formula is C144H180. The lowest BCUT2D eigenvalue weighted by Gasteiger charge is -2.07. The van der Waals surface area contributed by atoms with Gasteiger partial charge in [0, 0.05) is 100 Å². The minimum atomic E-state index is 0.737. The second-order valence-electron chi connectivity index (χ2n) is 41.9. The molecule has 9 aromatic carbocycles. The fourth-order valence-corrected chi connectivity index (χ4v) is 19.7. The molecule has 0 nitrogen and oxygen atoms in total. The summed E-state index contributed by atoms with van der Waals surface area (Å²) >= 11 is 0. The molecule has 0 radical (unpaired) electrons. The average Bonchev–Trinajstić information content (AvgIpc) is 0.790. The van der Waals surface area contributed by atoms with Crippen LogP contribution >= 0.6 is 0 Å². The largest absolute Gasteiger partial charge is 0.0654 e. The van der Waals surface area contributed by atoms with E-state index in [1.807, 2.05) is 0 Å². The van der Waals surface area contributed by atoms with Crippen molar-refractivity contribution in [1.29, 1.82) is 0 Å². The van der Waals surface area contributed by atoms with E-state index in [1.165, 1.54) is 419 Å². The molecule has 0 aliphatic heterocycles. The van der Waals surface area contributed by atoms with Crippen molar-refractivity contribution in [2.24, 2.45) is 0 Å². The smallest absolute Gasteiger partial charge is 0.0419 e. The summed E-state index contributed by atoms with van der Waals surface area (Å²) in [7, 11) is 0. The lowest BCUT2D eigenvalue weighted by Crippen LogP contribution is -1.97. The molecule has 0 aromatic heterocycles. The van der Waals surface area contributed by atoms with Gasteiger partial charge in [0.05, 0.1) is 0 Å². The van der Waals surface area contributed by atoms with Crippen LogP contribution in [0.2, 0.25) is 0 Å². The molecule has 1 aliphatic carbocycles. The van der Waals surface area contributed by atoms with Crippen molar-refractivity contribution in [2.75, 3.05) is 0 Å². The molecule has 0 bridgehead atoms. The molecule has 756 valence electrons.